The molecule has 1 aliphatic rings. The van der Waals surface area contributed by atoms with Crippen molar-refractivity contribution in [1.82, 2.24) is 9.13 Å². The molecule has 0 saturated carbocycles. The molecule has 220 valence electrons. The zero-order chi connectivity index (χ0) is 30.8. The third kappa shape index (κ3) is 4.71. The molecule has 0 bridgehead atoms. The van der Waals surface area contributed by atoms with Crippen LogP contribution >= 0.6 is 0 Å². The standard InChI is InChI=1S/C40H35BN2O2/c1-39(2)40(3,4)45-41(44-39)33-25-31(28-19-20-36-30(23-28)21-22-42(36)34-14-7-5-8-15-34)24-32(26-33)38-27-29-13-11-12-18-37(29)43(38)35-16-9-6-10-17-35/h5-27H,1-4H3. The summed E-state index contributed by atoms with van der Waals surface area (Å²) in [5.41, 5.74) is 9.26. The van der Waals surface area contributed by atoms with Gasteiger partial charge in [0, 0.05) is 28.3 Å². The van der Waals surface area contributed by atoms with Gasteiger partial charge in [-0.15, -0.1) is 0 Å². The molecule has 1 aliphatic heterocycles. The second kappa shape index (κ2) is 10.4. The van der Waals surface area contributed by atoms with E-state index in [-0.39, 0.29) is 0 Å². The second-order valence-corrected chi connectivity index (χ2v) is 13.0. The summed E-state index contributed by atoms with van der Waals surface area (Å²) in [4.78, 5) is 0. The van der Waals surface area contributed by atoms with E-state index in [9.17, 15) is 0 Å². The maximum absolute atomic E-state index is 6.60. The molecule has 0 N–H and O–H groups in total. The maximum Gasteiger partial charge on any atom is 0.494 e. The lowest BCUT2D eigenvalue weighted by Gasteiger charge is -2.32. The first-order valence-electron chi connectivity index (χ1n) is 15.6. The minimum absolute atomic E-state index is 0.438. The highest BCUT2D eigenvalue weighted by atomic mass is 16.7. The topological polar surface area (TPSA) is 28.3 Å². The molecule has 7 aromatic rings. The molecule has 5 aromatic carbocycles. The van der Waals surface area contributed by atoms with Crippen LogP contribution < -0.4 is 5.46 Å². The SMILES string of the molecule is CC1(C)OB(c2cc(-c3ccc4c(ccn4-c4ccccc4)c3)cc(-c3cc4ccccc4n3-c3ccccc3)c2)OC1(C)C. The Hall–Kier alpha value is -4.84. The number of aromatic nitrogens is 2. The molecule has 8 rings (SSSR count). The van der Waals surface area contributed by atoms with Crippen molar-refractivity contribution >= 4 is 34.4 Å². The molecule has 1 fully saturated rings. The summed E-state index contributed by atoms with van der Waals surface area (Å²) in [5, 5.41) is 2.39. The van der Waals surface area contributed by atoms with E-state index in [1.54, 1.807) is 0 Å². The maximum atomic E-state index is 6.60. The van der Waals surface area contributed by atoms with Crippen LogP contribution in [0.15, 0.2) is 140 Å². The summed E-state index contributed by atoms with van der Waals surface area (Å²) >= 11 is 0. The Morgan fingerprint density at radius 3 is 1.87 bits per heavy atom. The molecule has 5 heteroatoms. The summed E-state index contributed by atoms with van der Waals surface area (Å²) in [6, 6.07) is 47.6. The van der Waals surface area contributed by atoms with Gasteiger partial charge in [-0.3, -0.25) is 0 Å². The van der Waals surface area contributed by atoms with Gasteiger partial charge in [-0.05, 0) is 111 Å². The first-order chi connectivity index (χ1) is 21.8. The summed E-state index contributed by atoms with van der Waals surface area (Å²) in [5.74, 6) is 0. The van der Waals surface area contributed by atoms with E-state index in [2.05, 4.69) is 176 Å². The van der Waals surface area contributed by atoms with Gasteiger partial charge in [0.05, 0.1) is 27.9 Å². The Bertz CT molecular complexity index is 2160. The summed E-state index contributed by atoms with van der Waals surface area (Å²) < 4.78 is 17.8. The fraction of sp³-hybridized carbons (Fsp3) is 0.150. The lowest BCUT2D eigenvalue weighted by molar-refractivity contribution is 0.00578. The van der Waals surface area contributed by atoms with Gasteiger partial charge in [-0.25, -0.2) is 0 Å². The number of nitrogens with zero attached hydrogens (tertiary/aromatic N) is 2. The zero-order valence-corrected chi connectivity index (χ0v) is 26.1. The highest BCUT2D eigenvalue weighted by Gasteiger charge is 2.51. The van der Waals surface area contributed by atoms with Crippen molar-refractivity contribution in [2.24, 2.45) is 0 Å². The fourth-order valence-corrected chi connectivity index (χ4v) is 6.44. The number of fused-ring (bicyclic) bond motifs is 2. The third-order valence-corrected chi connectivity index (χ3v) is 9.56. The molecule has 0 spiro atoms. The number of benzene rings is 5. The van der Waals surface area contributed by atoms with Crippen LogP contribution in [0.2, 0.25) is 0 Å². The Labute approximate surface area is 264 Å². The van der Waals surface area contributed by atoms with Crippen LogP contribution in [0.4, 0.5) is 0 Å². The molecule has 0 atom stereocenters. The number of hydrogen-bond acceptors (Lipinski definition) is 2. The Kier molecular flexibility index (Phi) is 6.38. The van der Waals surface area contributed by atoms with Crippen LogP contribution in [0.3, 0.4) is 0 Å². The Morgan fingerprint density at radius 2 is 1.13 bits per heavy atom. The molecule has 3 heterocycles. The smallest absolute Gasteiger partial charge is 0.399 e. The number of rotatable bonds is 5. The first kappa shape index (κ1) is 27.7. The largest absolute Gasteiger partial charge is 0.494 e. The molecule has 1 saturated heterocycles. The quantitative estimate of drug-likeness (QED) is 0.188. The monoisotopic (exact) mass is 586 g/mol. The molecular formula is C40H35BN2O2. The van der Waals surface area contributed by atoms with Crippen LogP contribution in [0.5, 0.6) is 0 Å². The lowest BCUT2D eigenvalue weighted by Crippen LogP contribution is -2.41. The highest BCUT2D eigenvalue weighted by molar-refractivity contribution is 6.62. The highest BCUT2D eigenvalue weighted by Crippen LogP contribution is 2.39. The van der Waals surface area contributed by atoms with Gasteiger partial charge in [0.15, 0.2) is 0 Å². The predicted molar refractivity (Wildman–Crippen MR) is 187 cm³/mol. The van der Waals surface area contributed by atoms with Crippen molar-refractivity contribution in [1.29, 1.82) is 0 Å². The van der Waals surface area contributed by atoms with Gasteiger partial charge in [0.25, 0.3) is 0 Å². The van der Waals surface area contributed by atoms with Crippen molar-refractivity contribution in [3.63, 3.8) is 0 Å². The van der Waals surface area contributed by atoms with Crippen LogP contribution in [0.1, 0.15) is 27.7 Å². The number of hydrogen-bond donors (Lipinski definition) is 0. The van der Waals surface area contributed by atoms with E-state index in [1.165, 1.54) is 21.8 Å². The third-order valence-electron chi connectivity index (χ3n) is 9.56. The Balaban J connectivity index is 1.32. The summed E-state index contributed by atoms with van der Waals surface area (Å²) in [7, 11) is -0.480. The van der Waals surface area contributed by atoms with E-state index in [4.69, 9.17) is 9.31 Å². The van der Waals surface area contributed by atoms with Gasteiger partial charge in [-0.1, -0.05) is 72.8 Å². The van der Waals surface area contributed by atoms with Crippen LogP contribution in [-0.2, 0) is 9.31 Å². The van der Waals surface area contributed by atoms with Crippen molar-refractivity contribution in [2.75, 3.05) is 0 Å². The second-order valence-electron chi connectivity index (χ2n) is 13.0. The lowest BCUT2D eigenvalue weighted by atomic mass is 9.76. The van der Waals surface area contributed by atoms with Gasteiger partial charge in [0.1, 0.15) is 0 Å². The average Bonchev–Trinajstić information content (AvgIpc) is 3.72. The van der Waals surface area contributed by atoms with Gasteiger partial charge in [0.2, 0.25) is 0 Å². The van der Waals surface area contributed by atoms with Crippen molar-refractivity contribution in [3.8, 4) is 33.8 Å². The van der Waals surface area contributed by atoms with E-state index >= 15 is 0 Å². The Morgan fingerprint density at radius 1 is 0.511 bits per heavy atom. The van der Waals surface area contributed by atoms with E-state index in [0.717, 1.165) is 39.2 Å². The fourth-order valence-electron chi connectivity index (χ4n) is 6.44. The van der Waals surface area contributed by atoms with Crippen molar-refractivity contribution in [3.05, 3.63) is 140 Å². The van der Waals surface area contributed by atoms with Gasteiger partial charge >= 0.3 is 7.12 Å². The zero-order valence-electron chi connectivity index (χ0n) is 26.1. The first-order valence-corrected chi connectivity index (χ1v) is 15.6. The predicted octanol–water partition coefficient (Wildman–Crippen LogP) is 9.21. The molecule has 0 unspecified atom stereocenters. The van der Waals surface area contributed by atoms with Crippen LogP contribution in [0.25, 0.3) is 55.6 Å². The molecule has 2 aromatic heterocycles. The molecular weight excluding hydrogens is 551 g/mol. The average molecular weight is 587 g/mol. The molecule has 0 radical (unpaired) electrons. The molecule has 45 heavy (non-hydrogen) atoms. The normalized spacial score (nSPS) is 15.7. The van der Waals surface area contributed by atoms with E-state index < -0.39 is 18.3 Å². The summed E-state index contributed by atoms with van der Waals surface area (Å²) in [6.45, 7) is 8.43. The summed E-state index contributed by atoms with van der Waals surface area (Å²) in [6.07, 6.45) is 2.15. The van der Waals surface area contributed by atoms with Crippen molar-refractivity contribution < 1.29 is 9.31 Å². The molecule has 0 amide bonds. The van der Waals surface area contributed by atoms with E-state index in [0.29, 0.717) is 0 Å². The van der Waals surface area contributed by atoms with E-state index in [1.807, 2.05) is 0 Å². The van der Waals surface area contributed by atoms with Crippen LogP contribution in [0, 0.1) is 0 Å². The minimum Gasteiger partial charge on any atom is -0.399 e. The van der Waals surface area contributed by atoms with Crippen molar-refractivity contribution in [2.45, 2.75) is 38.9 Å². The van der Waals surface area contributed by atoms with Crippen LogP contribution in [-0.4, -0.2) is 27.5 Å². The van der Waals surface area contributed by atoms with Gasteiger partial charge < -0.3 is 18.4 Å². The minimum atomic E-state index is -0.480. The number of para-hydroxylation sites is 3. The molecule has 4 nitrogen and oxygen atoms in total. The van der Waals surface area contributed by atoms with Gasteiger partial charge in [-0.2, -0.15) is 0 Å². The molecule has 0 aliphatic carbocycles.